The lowest BCUT2D eigenvalue weighted by molar-refractivity contribution is -0.134. The van der Waals surface area contributed by atoms with Crippen LogP contribution in [-0.4, -0.2) is 55.2 Å². The average molecular weight is 274 g/mol. The van der Waals surface area contributed by atoms with Crippen molar-refractivity contribution in [2.24, 2.45) is 11.7 Å². The molecular formula is C13H26N2O2S. The molecule has 106 valence electrons. The molecule has 0 saturated carbocycles. The molecule has 4 nitrogen and oxygen atoms in total. The normalized spacial score (nSPS) is 20.9. The SMILES string of the molecule is CCC(CN)CC(=O)N(CCOC)C1CCSC1. The number of thioether (sulfide) groups is 1. The lowest BCUT2D eigenvalue weighted by Gasteiger charge is -2.29. The first-order valence-corrected chi connectivity index (χ1v) is 7.94. The molecule has 0 spiro atoms. The highest BCUT2D eigenvalue weighted by Crippen LogP contribution is 2.23. The van der Waals surface area contributed by atoms with Crippen molar-refractivity contribution in [1.29, 1.82) is 0 Å². The van der Waals surface area contributed by atoms with Crippen LogP contribution in [0.25, 0.3) is 0 Å². The maximum atomic E-state index is 12.4. The molecule has 0 aromatic heterocycles. The van der Waals surface area contributed by atoms with Crippen LogP contribution >= 0.6 is 11.8 Å². The smallest absolute Gasteiger partial charge is 0.223 e. The lowest BCUT2D eigenvalue weighted by atomic mass is 10.0. The summed E-state index contributed by atoms with van der Waals surface area (Å²) in [7, 11) is 1.68. The summed E-state index contributed by atoms with van der Waals surface area (Å²) in [5.74, 6) is 2.79. The van der Waals surface area contributed by atoms with Crippen molar-refractivity contribution in [1.82, 2.24) is 4.90 Å². The van der Waals surface area contributed by atoms with E-state index in [0.717, 1.165) is 24.3 Å². The molecule has 1 fully saturated rings. The van der Waals surface area contributed by atoms with Gasteiger partial charge in [-0.05, 0) is 24.6 Å². The van der Waals surface area contributed by atoms with E-state index in [0.29, 0.717) is 38.1 Å². The topological polar surface area (TPSA) is 55.6 Å². The van der Waals surface area contributed by atoms with Gasteiger partial charge in [0.1, 0.15) is 0 Å². The summed E-state index contributed by atoms with van der Waals surface area (Å²) in [6.45, 7) is 4.02. The molecule has 1 rings (SSSR count). The molecule has 0 aliphatic carbocycles. The van der Waals surface area contributed by atoms with Crippen LogP contribution in [0.5, 0.6) is 0 Å². The van der Waals surface area contributed by atoms with Gasteiger partial charge in [-0.15, -0.1) is 0 Å². The zero-order valence-electron chi connectivity index (χ0n) is 11.6. The molecule has 0 radical (unpaired) electrons. The first-order chi connectivity index (χ1) is 8.72. The van der Waals surface area contributed by atoms with E-state index in [1.54, 1.807) is 7.11 Å². The zero-order chi connectivity index (χ0) is 13.4. The zero-order valence-corrected chi connectivity index (χ0v) is 12.4. The van der Waals surface area contributed by atoms with Gasteiger partial charge < -0.3 is 15.4 Å². The molecule has 1 amide bonds. The highest BCUT2D eigenvalue weighted by molar-refractivity contribution is 7.99. The second-order valence-corrected chi connectivity index (χ2v) is 5.96. The van der Waals surface area contributed by atoms with E-state index in [4.69, 9.17) is 10.5 Å². The van der Waals surface area contributed by atoms with Crippen LogP contribution in [0.4, 0.5) is 0 Å². The van der Waals surface area contributed by atoms with Crippen LogP contribution in [0.3, 0.4) is 0 Å². The molecule has 1 saturated heterocycles. The third kappa shape index (κ3) is 4.78. The summed E-state index contributed by atoms with van der Waals surface area (Å²) in [6, 6.07) is 0.396. The summed E-state index contributed by atoms with van der Waals surface area (Å²) in [5.41, 5.74) is 5.69. The van der Waals surface area contributed by atoms with E-state index in [1.807, 2.05) is 16.7 Å². The largest absolute Gasteiger partial charge is 0.383 e. The minimum Gasteiger partial charge on any atom is -0.383 e. The van der Waals surface area contributed by atoms with Gasteiger partial charge in [0.25, 0.3) is 0 Å². The predicted molar refractivity (Wildman–Crippen MR) is 76.8 cm³/mol. The first-order valence-electron chi connectivity index (χ1n) is 6.79. The standard InChI is InChI=1S/C13H26N2O2S/c1-3-11(9-14)8-13(16)15(5-6-17-2)12-4-7-18-10-12/h11-12H,3-10,14H2,1-2H3. The molecular weight excluding hydrogens is 248 g/mol. The van der Waals surface area contributed by atoms with Crippen molar-refractivity contribution < 1.29 is 9.53 Å². The van der Waals surface area contributed by atoms with Crippen LogP contribution in [0.1, 0.15) is 26.2 Å². The highest BCUT2D eigenvalue weighted by Gasteiger charge is 2.27. The molecule has 1 aliphatic rings. The highest BCUT2D eigenvalue weighted by atomic mass is 32.2. The molecule has 5 heteroatoms. The maximum absolute atomic E-state index is 12.4. The van der Waals surface area contributed by atoms with E-state index < -0.39 is 0 Å². The average Bonchev–Trinajstić information content (AvgIpc) is 2.90. The van der Waals surface area contributed by atoms with Gasteiger partial charge in [0.05, 0.1) is 6.61 Å². The molecule has 0 bridgehead atoms. The number of nitrogens with zero attached hydrogens (tertiary/aromatic N) is 1. The summed E-state index contributed by atoms with van der Waals surface area (Å²) in [5, 5.41) is 0. The van der Waals surface area contributed by atoms with Gasteiger partial charge in [0.2, 0.25) is 5.91 Å². The summed E-state index contributed by atoms with van der Waals surface area (Å²) in [6.07, 6.45) is 2.66. The molecule has 2 unspecified atom stereocenters. The molecule has 2 atom stereocenters. The lowest BCUT2D eigenvalue weighted by Crippen LogP contribution is -2.43. The maximum Gasteiger partial charge on any atom is 0.223 e. The van der Waals surface area contributed by atoms with E-state index in [2.05, 4.69) is 6.92 Å². The number of methoxy groups -OCH3 is 1. The van der Waals surface area contributed by atoms with Gasteiger partial charge in [0, 0.05) is 31.9 Å². The fourth-order valence-corrected chi connectivity index (χ4v) is 3.45. The molecule has 18 heavy (non-hydrogen) atoms. The van der Waals surface area contributed by atoms with Crippen molar-refractivity contribution in [3.8, 4) is 0 Å². The van der Waals surface area contributed by atoms with Crippen LogP contribution < -0.4 is 5.73 Å². The van der Waals surface area contributed by atoms with Crippen molar-refractivity contribution in [2.45, 2.75) is 32.2 Å². The van der Waals surface area contributed by atoms with Crippen LogP contribution in [0.15, 0.2) is 0 Å². The molecule has 0 aromatic carbocycles. The van der Waals surface area contributed by atoms with Crippen LogP contribution in [-0.2, 0) is 9.53 Å². The Morgan fingerprint density at radius 1 is 1.61 bits per heavy atom. The Morgan fingerprint density at radius 3 is 2.89 bits per heavy atom. The fraction of sp³-hybridized carbons (Fsp3) is 0.923. The Hall–Kier alpha value is -0.260. The quantitative estimate of drug-likeness (QED) is 0.726. The number of carbonyl (C=O) groups is 1. The monoisotopic (exact) mass is 274 g/mol. The van der Waals surface area contributed by atoms with Gasteiger partial charge >= 0.3 is 0 Å². The fourth-order valence-electron chi connectivity index (χ4n) is 2.23. The van der Waals surface area contributed by atoms with Gasteiger partial charge in [-0.1, -0.05) is 13.3 Å². The number of ether oxygens (including phenoxy) is 1. The minimum absolute atomic E-state index is 0.247. The third-order valence-corrected chi connectivity index (χ3v) is 4.72. The van der Waals surface area contributed by atoms with Gasteiger partial charge in [-0.2, -0.15) is 11.8 Å². The number of hydrogen-bond acceptors (Lipinski definition) is 4. The van der Waals surface area contributed by atoms with Crippen LogP contribution in [0, 0.1) is 5.92 Å². The third-order valence-electron chi connectivity index (χ3n) is 3.58. The Kier molecular flexibility index (Phi) is 7.70. The number of nitrogens with two attached hydrogens (primary N) is 1. The van der Waals surface area contributed by atoms with Gasteiger partial charge in [0.15, 0.2) is 0 Å². The van der Waals surface area contributed by atoms with Crippen LogP contribution in [0.2, 0.25) is 0 Å². The van der Waals surface area contributed by atoms with E-state index in [9.17, 15) is 4.79 Å². The van der Waals surface area contributed by atoms with Gasteiger partial charge in [-0.25, -0.2) is 0 Å². The van der Waals surface area contributed by atoms with Gasteiger partial charge in [-0.3, -0.25) is 4.79 Å². The summed E-state index contributed by atoms with van der Waals surface area (Å²) < 4.78 is 5.11. The van der Waals surface area contributed by atoms with E-state index in [1.165, 1.54) is 0 Å². The summed E-state index contributed by atoms with van der Waals surface area (Å²) in [4.78, 5) is 14.4. The van der Waals surface area contributed by atoms with E-state index in [-0.39, 0.29) is 5.91 Å². The number of amides is 1. The molecule has 1 heterocycles. The minimum atomic E-state index is 0.247. The number of carbonyl (C=O) groups excluding carboxylic acids is 1. The molecule has 0 aromatic rings. The first kappa shape index (κ1) is 15.8. The van der Waals surface area contributed by atoms with Crippen molar-refractivity contribution in [3.63, 3.8) is 0 Å². The Bertz CT molecular complexity index is 241. The van der Waals surface area contributed by atoms with Crippen molar-refractivity contribution in [2.75, 3.05) is 38.3 Å². The van der Waals surface area contributed by atoms with Crippen molar-refractivity contribution in [3.05, 3.63) is 0 Å². The number of rotatable bonds is 8. The number of hydrogen-bond donors (Lipinski definition) is 1. The second kappa shape index (κ2) is 8.77. The Labute approximate surface area is 115 Å². The Morgan fingerprint density at radius 2 is 2.39 bits per heavy atom. The summed E-state index contributed by atoms with van der Waals surface area (Å²) >= 11 is 1.93. The van der Waals surface area contributed by atoms with Crippen molar-refractivity contribution >= 4 is 17.7 Å². The Balaban J connectivity index is 2.54. The second-order valence-electron chi connectivity index (χ2n) is 4.81. The van der Waals surface area contributed by atoms with E-state index >= 15 is 0 Å². The molecule has 1 aliphatic heterocycles. The molecule has 2 N–H and O–H groups in total. The predicted octanol–water partition coefficient (Wildman–Crippen LogP) is 1.34.